The highest BCUT2D eigenvalue weighted by atomic mass is 35.5. The average molecular weight is 479 g/mol. The summed E-state index contributed by atoms with van der Waals surface area (Å²) < 4.78 is 19.5. The maximum atomic E-state index is 6.63. The van der Waals surface area contributed by atoms with Gasteiger partial charge in [0.1, 0.15) is 24.2 Å². The fourth-order valence-electron chi connectivity index (χ4n) is 4.45. The van der Waals surface area contributed by atoms with Gasteiger partial charge in [0.2, 0.25) is 5.95 Å². The van der Waals surface area contributed by atoms with E-state index in [0.717, 1.165) is 33.0 Å². The number of thiophene rings is 1. The van der Waals surface area contributed by atoms with E-state index in [1.54, 1.807) is 31.9 Å². The minimum absolute atomic E-state index is 0.191. The van der Waals surface area contributed by atoms with Crippen molar-refractivity contribution in [2.45, 2.75) is 12.1 Å². The van der Waals surface area contributed by atoms with Crippen molar-refractivity contribution in [2.24, 2.45) is 0 Å². The molecule has 0 saturated heterocycles. The van der Waals surface area contributed by atoms with Crippen LogP contribution in [-0.2, 0) is 0 Å². The molecule has 0 aliphatic carbocycles. The Morgan fingerprint density at radius 1 is 1.09 bits per heavy atom. The number of benzene rings is 2. The molecule has 0 fully saturated rings. The number of ether oxygens (including phenoxy) is 3. The molecule has 7 nitrogen and oxygen atoms in total. The maximum Gasteiger partial charge on any atom is 0.226 e. The Bertz CT molecular complexity index is 1380. The molecule has 33 heavy (non-hydrogen) atoms. The van der Waals surface area contributed by atoms with Crippen LogP contribution in [-0.4, -0.2) is 29.0 Å². The number of aromatic nitrogens is 3. The molecule has 0 amide bonds. The smallest absolute Gasteiger partial charge is 0.226 e. The molecule has 4 aromatic rings. The van der Waals surface area contributed by atoms with Gasteiger partial charge in [-0.15, -0.1) is 11.3 Å². The van der Waals surface area contributed by atoms with Crippen LogP contribution < -0.4 is 19.5 Å². The minimum Gasteiger partial charge on any atom is -0.493 e. The predicted octanol–water partition coefficient (Wildman–Crippen LogP) is 5.57. The minimum atomic E-state index is -0.398. The Morgan fingerprint density at radius 3 is 2.76 bits per heavy atom. The van der Waals surface area contributed by atoms with E-state index in [1.165, 1.54) is 0 Å². The van der Waals surface area contributed by atoms with Crippen molar-refractivity contribution in [3.8, 4) is 17.2 Å². The number of hydrogen-bond acceptors (Lipinski definition) is 7. The van der Waals surface area contributed by atoms with Crippen LogP contribution in [0.15, 0.2) is 65.8 Å². The molecular formula is C24H19ClN4O3S. The van der Waals surface area contributed by atoms with Gasteiger partial charge in [0.25, 0.3) is 0 Å². The second-order valence-corrected chi connectivity index (χ2v) is 9.07. The van der Waals surface area contributed by atoms with Crippen LogP contribution in [0.2, 0.25) is 5.02 Å². The third-order valence-electron chi connectivity index (χ3n) is 5.90. The first kappa shape index (κ1) is 20.1. The molecule has 1 N–H and O–H groups in total. The summed E-state index contributed by atoms with van der Waals surface area (Å²) in [5.41, 5.74) is 3.78. The Balaban J connectivity index is 1.61. The topological polar surface area (TPSA) is 70.4 Å². The summed E-state index contributed by atoms with van der Waals surface area (Å²) in [7, 11) is 3.25. The van der Waals surface area contributed by atoms with Crippen LogP contribution in [0.4, 0.5) is 5.95 Å². The fraction of sp³-hybridized carbons (Fsp3) is 0.167. The van der Waals surface area contributed by atoms with Gasteiger partial charge in [-0.1, -0.05) is 23.7 Å². The van der Waals surface area contributed by atoms with Crippen molar-refractivity contribution in [1.29, 1.82) is 0 Å². The molecular weight excluding hydrogens is 460 g/mol. The molecule has 0 radical (unpaired) electrons. The van der Waals surface area contributed by atoms with Crippen molar-refractivity contribution in [3.63, 3.8) is 0 Å². The van der Waals surface area contributed by atoms with Gasteiger partial charge in [-0.3, -0.25) is 0 Å². The summed E-state index contributed by atoms with van der Waals surface area (Å²) >= 11 is 8.05. The molecule has 0 unspecified atom stereocenters. The van der Waals surface area contributed by atoms with E-state index in [1.807, 2.05) is 47.1 Å². The summed E-state index contributed by atoms with van der Waals surface area (Å²) in [5.74, 6) is 2.71. The molecule has 2 aliphatic heterocycles. The Hall–Kier alpha value is -3.49. The molecule has 2 aliphatic rings. The summed E-state index contributed by atoms with van der Waals surface area (Å²) in [6.07, 6.45) is 1.16. The van der Waals surface area contributed by atoms with E-state index in [2.05, 4.69) is 26.8 Å². The zero-order chi connectivity index (χ0) is 22.5. The van der Waals surface area contributed by atoms with Crippen LogP contribution >= 0.6 is 22.9 Å². The van der Waals surface area contributed by atoms with Gasteiger partial charge in [-0.25, -0.2) is 4.68 Å². The van der Waals surface area contributed by atoms with Gasteiger partial charge in [-0.05, 0) is 41.8 Å². The maximum absolute atomic E-state index is 6.63. The molecule has 2 atom stereocenters. The lowest BCUT2D eigenvalue weighted by Crippen LogP contribution is -2.32. The largest absolute Gasteiger partial charge is 0.493 e. The van der Waals surface area contributed by atoms with Crippen molar-refractivity contribution < 1.29 is 14.2 Å². The van der Waals surface area contributed by atoms with E-state index in [0.29, 0.717) is 22.5 Å². The molecule has 0 spiro atoms. The average Bonchev–Trinajstić information content (AvgIpc) is 3.54. The van der Waals surface area contributed by atoms with E-state index < -0.39 is 6.10 Å². The fourth-order valence-corrected chi connectivity index (χ4v) is 5.45. The predicted molar refractivity (Wildman–Crippen MR) is 127 cm³/mol. The lowest BCUT2D eigenvalue weighted by atomic mass is 9.87. The molecule has 2 aromatic heterocycles. The van der Waals surface area contributed by atoms with E-state index in [9.17, 15) is 0 Å². The summed E-state index contributed by atoms with van der Waals surface area (Å²) in [6.45, 7) is 0. The number of nitrogens with zero attached hydrogens (tertiary/aromatic N) is 3. The van der Waals surface area contributed by atoms with E-state index in [4.69, 9.17) is 25.8 Å². The summed E-state index contributed by atoms with van der Waals surface area (Å²) in [6, 6.07) is 15.5. The number of rotatable bonds is 4. The highest BCUT2D eigenvalue weighted by Gasteiger charge is 2.41. The molecule has 9 heteroatoms. The Kier molecular flexibility index (Phi) is 4.78. The van der Waals surface area contributed by atoms with Crippen LogP contribution in [0.25, 0.3) is 5.70 Å². The van der Waals surface area contributed by atoms with Gasteiger partial charge < -0.3 is 19.5 Å². The van der Waals surface area contributed by atoms with Crippen LogP contribution in [0.5, 0.6) is 17.2 Å². The standard InChI is InChI=1S/C24H19ClN4O3S/c1-30-17-7-5-13(10-18(17)31-2)23-20-21(15-11-14(25)6-8-16(15)32-23)28-24-26-12-27-29(24)22(20)19-4-3-9-33-19/h3-12,22-23H,1-2H3,(H,26,27,28)/t22-,23+/m0/s1. The second-order valence-electron chi connectivity index (χ2n) is 7.65. The molecule has 4 heterocycles. The van der Waals surface area contributed by atoms with Gasteiger partial charge >= 0.3 is 0 Å². The second kappa shape index (κ2) is 7.83. The third-order valence-corrected chi connectivity index (χ3v) is 7.06. The van der Waals surface area contributed by atoms with Crippen molar-refractivity contribution in [1.82, 2.24) is 14.8 Å². The monoisotopic (exact) mass is 478 g/mol. The number of anilines is 1. The number of fused-ring (bicyclic) bond motifs is 3. The summed E-state index contributed by atoms with van der Waals surface area (Å²) in [4.78, 5) is 5.59. The van der Waals surface area contributed by atoms with Crippen LogP contribution in [0, 0.1) is 0 Å². The molecule has 0 bridgehead atoms. The first-order chi connectivity index (χ1) is 16.2. The van der Waals surface area contributed by atoms with Gasteiger partial charge in [-0.2, -0.15) is 10.1 Å². The normalized spacial score (nSPS) is 18.5. The molecule has 6 rings (SSSR count). The zero-order valence-corrected chi connectivity index (χ0v) is 19.4. The molecule has 2 aromatic carbocycles. The van der Waals surface area contributed by atoms with Crippen molar-refractivity contribution in [3.05, 3.63) is 86.8 Å². The highest BCUT2D eigenvalue weighted by molar-refractivity contribution is 7.10. The third kappa shape index (κ3) is 3.17. The van der Waals surface area contributed by atoms with Crippen LogP contribution in [0.3, 0.4) is 0 Å². The first-order valence-corrected chi connectivity index (χ1v) is 11.6. The number of hydrogen-bond donors (Lipinski definition) is 1. The lowest BCUT2D eigenvalue weighted by molar-refractivity contribution is 0.222. The van der Waals surface area contributed by atoms with Gasteiger partial charge in [0.15, 0.2) is 11.5 Å². The first-order valence-electron chi connectivity index (χ1n) is 10.3. The quantitative estimate of drug-likeness (QED) is 0.413. The number of nitrogens with one attached hydrogen (secondary N) is 1. The number of halogens is 1. The Labute approximate surface area is 199 Å². The highest BCUT2D eigenvalue weighted by Crippen LogP contribution is 2.52. The van der Waals surface area contributed by atoms with E-state index >= 15 is 0 Å². The van der Waals surface area contributed by atoms with Crippen molar-refractivity contribution >= 4 is 34.6 Å². The molecule has 166 valence electrons. The van der Waals surface area contributed by atoms with Crippen LogP contribution in [0.1, 0.15) is 28.1 Å². The number of methoxy groups -OCH3 is 2. The molecule has 0 saturated carbocycles. The zero-order valence-electron chi connectivity index (χ0n) is 17.8. The van der Waals surface area contributed by atoms with Crippen molar-refractivity contribution in [2.75, 3.05) is 19.5 Å². The summed E-state index contributed by atoms with van der Waals surface area (Å²) in [5, 5.41) is 10.7. The lowest BCUT2D eigenvalue weighted by Gasteiger charge is -2.38. The Morgan fingerprint density at radius 2 is 1.97 bits per heavy atom. The SMILES string of the molecule is COc1ccc([C@H]2Oc3ccc(Cl)cc3C3=C2[C@H](c2cccs2)n2ncnc2N3)cc1OC. The van der Waals surface area contributed by atoms with E-state index in [-0.39, 0.29) is 6.04 Å². The van der Waals surface area contributed by atoms with Gasteiger partial charge in [0, 0.05) is 26.6 Å². The van der Waals surface area contributed by atoms with Gasteiger partial charge in [0.05, 0.1) is 19.9 Å².